The lowest BCUT2D eigenvalue weighted by Gasteiger charge is -2.02. The van der Waals surface area contributed by atoms with Gasteiger partial charge in [0.1, 0.15) is 0 Å². The molecule has 104 valence electrons. The Hall–Kier alpha value is -1.03. The second kappa shape index (κ2) is 6.17. The van der Waals surface area contributed by atoms with Gasteiger partial charge in [-0.1, -0.05) is 32.3 Å². The van der Waals surface area contributed by atoms with E-state index in [1.165, 1.54) is 63.0 Å². The summed E-state index contributed by atoms with van der Waals surface area (Å²) in [6.07, 6.45) is 6.51. The molecule has 1 heterocycles. The highest BCUT2D eigenvalue weighted by molar-refractivity contribution is 14.1. The lowest BCUT2D eigenvalue weighted by atomic mass is 10.0. The Morgan fingerprint density at radius 3 is 2.45 bits per heavy atom. The summed E-state index contributed by atoms with van der Waals surface area (Å²) < 4.78 is 1.30. The summed E-state index contributed by atoms with van der Waals surface area (Å²) in [5.41, 5.74) is 3.95. The number of hydrogen-bond acceptors (Lipinski definition) is 0. The van der Waals surface area contributed by atoms with Gasteiger partial charge < -0.3 is 4.98 Å². The molecule has 0 amide bonds. The highest BCUT2D eigenvalue weighted by atomic mass is 127. The topological polar surface area (TPSA) is 15.8 Å². The van der Waals surface area contributed by atoms with E-state index in [9.17, 15) is 0 Å². The van der Waals surface area contributed by atoms with Crippen LogP contribution in [0.25, 0.3) is 21.8 Å². The van der Waals surface area contributed by atoms with Crippen LogP contribution >= 0.6 is 22.6 Å². The van der Waals surface area contributed by atoms with Crippen LogP contribution in [0.2, 0.25) is 0 Å². The number of unbranched alkanes of at least 4 members (excludes halogenated alkanes) is 3. The number of H-pyrrole nitrogens is 1. The normalized spacial score (nSPS) is 11.5. The first-order chi connectivity index (χ1) is 9.78. The Bertz CT molecular complexity index is 727. The Balaban J connectivity index is 1.92. The summed E-state index contributed by atoms with van der Waals surface area (Å²) in [5, 5.41) is 2.72. The average Bonchev–Trinajstić information content (AvgIpc) is 2.81. The third-order valence-corrected chi connectivity index (χ3v) is 4.62. The molecule has 0 saturated heterocycles. The molecule has 0 spiro atoms. The van der Waals surface area contributed by atoms with Gasteiger partial charge in [0, 0.05) is 25.4 Å². The van der Waals surface area contributed by atoms with Crippen molar-refractivity contribution in [2.45, 2.75) is 39.0 Å². The molecule has 1 N–H and O–H groups in total. The molecular formula is C18H20IN. The van der Waals surface area contributed by atoms with E-state index in [-0.39, 0.29) is 0 Å². The highest BCUT2D eigenvalue weighted by Crippen LogP contribution is 2.28. The smallest absolute Gasteiger partial charge is 0.0465 e. The zero-order valence-electron chi connectivity index (χ0n) is 11.9. The second-order valence-electron chi connectivity index (χ2n) is 5.51. The van der Waals surface area contributed by atoms with Gasteiger partial charge in [0.05, 0.1) is 0 Å². The van der Waals surface area contributed by atoms with E-state index in [0.717, 1.165) is 0 Å². The van der Waals surface area contributed by atoms with Crippen molar-refractivity contribution in [3.05, 3.63) is 45.5 Å². The molecule has 2 aromatic carbocycles. The Labute approximate surface area is 133 Å². The van der Waals surface area contributed by atoms with Crippen LogP contribution in [0.1, 0.15) is 38.2 Å². The second-order valence-corrected chi connectivity index (χ2v) is 6.75. The molecule has 0 aliphatic heterocycles. The molecule has 0 saturated carbocycles. The Kier molecular flexibility index (Phi) is 4.29. The van der Waals surface area contributed by atoms with Crippen molar-refractivity contribution >= 4 is 44.4 Å². The molecule has 0 fully saturated rings. The van der Waals surface area contributed by atoms with Crippen molar-refractivity contribution in [1.82, 2.24) is 4.98 Å². The number of aryl methyl sites for hydroxylation is 1. The van der Waals surface area contributed by atoms with Crippen molar-refractivity contribution < 1.29 is 0 Å². The van der Waals surface area contributed by atoms with E-state index in [2.05, 4.69) is 70.9 Å². The molecule has 3 aromatic rings. The fraction of sp³-hybridized carbons (Fsp3) is 0.333. The number of aromatic nitrogens is 1. The number of hydrogen-bond donors (Lipinski definition) is 1. The molecule has 0 aliphatic rings. The molecule has 2 heteroatoms. The standard InChI is InChI=1S/C18H20IN/c1-2-3-4-5-6-13-7-9-17-15(11-13)16-12-14(19)8-10-18(16)20-17/h7-12,20H,2-6H2,1H3. The van der Waals surface area contributed by atoms with Crippen LogP contribution in [-0.4, -0.2) is 4.98 Å². The van der Waals surface area contributed by atoms with Crippen LogP contribution in [0.5, 0.6) is 0 Å². The minimum atomic E-state index is 1.20. The molecule has 0 aliphatic carbocycles. The summed E-state index contributed by atoms with van der Waals surface area (Å²) in [5.74, 6) is 0. The van der Waals surface area contributed by atoms with E-state index in [1.54, 1.807) is 0 Å². The molecular weight excluding hydrogens is 357 g/mol. The first-order valence-electron chi connectivity index (χ1n) is 7.48. The van der Waals surface area contributed by atoms with Gasteiger partial charge in [0.25, 0.3) is 0 Å². The van der Waals surface area contributed by atoms with E-state index in [0.29, 0.717) is 0 Å². The van der Waals surface area contributed by atoms with Gasteiger partial charge in [-0.3, -0.25) is 0 Å². The maximum atomic E-state index is 3.51. The molecule has 0 unspecified atom stereocenters. The predicted molar refractivity (Wildman–Crippen MR) is 96.4 cm³/mol. The van der Waals surface area contributed by atoms with E-state index >= 15 is 0 Å². The van der Waals surface area contributed by atoms with Gasteiger partial charge in [-0.05, 0) is 71.3 Å². The van der Waals surface area contributed by atoms with Crippen molar-refractivity contribution in [2.24, 2.45) is 0 Å². The summed E-state index contributed by atoms with van der Waals surface area (Å²) in [7, 11) is 0. The third kappa shape index (κ3) is 2.85. The number of rotatable bonds is 5. The lowest BCUT2D eigenvalue weighted by molar-refractivity contribution is 0.667. The molecule has 0 atom stereocenters. The van der Waals surface area contributed by atoms with E-state index in [1.807, 2.05) is 0 Å². The Morgan fingerprint density at radius 2 is 1.65 bits per heavy atom. The van der Waals surface area contributed by atoms with Crippen LogP contribution in [0.3, 0.4) is 0 Å². The van der Waals surface area contributed by atoms with Gasteiger partial charge in [0.2, 0.25) is 0 Å². The third-order valence-electron chi connectivity index (χ3n) is 3.94. The van der Waals surface area contributed by atoms with Crippen molar-refractivity contribution in [3.8, 4) is 0 Å². The summed E-state index contributed by atoms with van der Waals surface area (Å²) in [6.45, 7) is 2.26. The van der Waals surface area contributed by atoms with Crippen LogP contribution in [0, 0.1) is 3.57 Å². The molecule has 0 radical (unpaired) electrons. The maximum Gasteiger partial charge on any atom is 0.0465 e. The first-order valence-corrected chi connectivity index (χ1v) is 8.55. The van der Waals surface area contributed by atoms with Crippen LogP contribution in [0.15, 0.2) is 36.4 Å². The van der Waals surface area contributed by atoms with Gasteiger partial charge in [-0.25, -0.2) is 0 Å². The van der Waals surface area contributed by atoms with Gasteiger partial charge in [-0.15, -0.1) is 0 Å². The minimum Gasteiger partial charge on any atom is -0.355 e. The molecule has 0 bridgehead atoms. The van der Waals surface area contributed by atoms with Crippen molar-refractivity contribution in [3.63, 3.8) is 0 Å². The minimum absolute atomic E-state index is 1.20. The SMILES string of the molecule is CCCCCCc1ccc2[nH]c3ccc(I)cc3c2c1. The summed E-state index contributed by atoms with van der Waals surface area (Å²) in [6, 6.07) is 13.5. The largest absolute Gasteiger partial charge is 0.355 e. The number of fused-ring (bicyclic) bond motifs is 3. The molecule has 20 heavy (non-hydrogen) atoms. The lowest BCUT2D eigenvalue weighted by Crippen LogP contribution is -1.85. The quantitative estimate of drug-likeness (QED) is 0.412. The number of halogens is 1. The van der Waals surface area contributed by atoms with Gasteiger partial charge in [-0.2, -0.15) is 0 Å². The molecule has 3 rings (SSSR count). The summed E-state index contributed by atoms with van der Waals surface area (Å²) in [4.78, 5) is 3.51. The highest BCUT2D eigenvalue weighted by Gasteiger charge is 2.05. The molecule has 1 nitrogen and oxygen atoms in total. The van der Waals surface area contributed by atoms with Crippen LogP contribution < -0.4 is 0 Å². The first kappa shape index (κ1) is 13.9. The van der Waals surface area contributed by atoms with Gasteiger partial charge in [0.15, 0.2) is 0 Å². The van der Waals surface area contributed by atoms with E-state index < -0.39 is 0 Å². The van der Waals surface area contributed by atoms with E-state index in [4.69, 9.17) is 0 Å². The molecule has 1 aromatic heterocycles. The zero-order chi connectivity index (χ0) is 13.9. The fourth-order valence-corrected chi connectivity index (χ4v) is 3.32. The number of aromatic amines is 1. The fourth-order valence-electron chi connectivity index (χ4n) is 2.83. The number of benzene rings is 2. The monoisotopic (exact) mass is 377 g/mol. The summed E-state index contributed by atoms with van der Waals surface area (Å²) >= 11 is 2.38. The van der Waals surface area contributed by atoms with Crippen molar-refractivity contribution in [2.75, 3.05) is 0 Å². The maximum absolute atomic E-state index is 3.51. The predicted octanol–water partition coefficient (Wildman–Crippen LogP) is 6.05. The van der Waals surface area contributed by atoms with Gasteiger partial charge >= 0.3 is 0 Å². The number of nitrogens with one attached hydrogen (secondary N) is 1. The van der Waals surface area contributed by atoms with Crippen LogP contribution in [0.4, 0.5) is 0 Å². The average molecular weight is 377 g/mol. The van der Waals surface area contributed by atoms with Crippen molar-refractivity contribution in [1.29, 1.82) is 0 Å². The Morgan fingerprint density at radius 1 is 0.900 bits per heavy atom. The van der Waals surface area contributed by atoms with Crippen LogP contribution in [-0.2, 0) is 6.42 Å². The zero-order valence-corrected chi connectivity index (χ0v) is 14.0.